The van der Waals surface area contributed by atoms with E-state index in [1.165, 1.54) is 12.1 Å². The Morgan fingerprint density at radius 2 is 2.04 bits per heavy atom. The van der Waals surface area contributed by atoms with Gasteiger partial charge in [-0.15, -0.1) is 0 Å². The van der Waals surface area contributed by atoms with E-state index in [0.717, 1.165) is 12.1 Å². The van der Waals surface area contributed by atoms with Crippen molar-refractivity contribution in [1.29, 1.82) is 0 Å². The Kier molecular flexibility index (Phi) is 5.75. The lowest BCUT2D eigenvalue weighted by Crippen LogP contribution is -2.33. The fraction of sp³-hybridized carbons (Fsp3) is 0.400. The van der Waals surface area contributed by atoms with Crippen molar-refractivity contribution in [2.45, 2.75) is 31.3 Å². The van der Waals surface area contributed by atoms with Crippen molar-refractivity contribution in [3.05, 3.63) is 42.2 Å². The van der Waals surface area contributed by atoms with E-state index in [-0.39, 0.29) is 10.9 Å². The highest BCUT2D eigenvalue weighted by molar-refractivity contribution is 7.89. The Bertz CT molecular complexity index is 725. The first-order valence-electron chi connectivity index (χ1n) is 7.33. The standard InChI is InChI=1S/C15H22N4O3S/c1-12-9-18-19(10-12)11-13(2)17-7-8-22-14-3-5-15(6-4-14)23(16,20)21/h3-6,9-10,13,17H,7-8,11H2,1-2H3,(H2,16,20,21)/t13-/m1/s1. The van der Waals surface area contributed by atoms with Gasteiger partial charge < -0.3 is 10.1 Å². The Balaban J connectivity index is 1.70. The van der Waals surface area contributed by atoms with Crippen LogP contribution >= 0.6 is 0 Å². The van der Waals surface area contributed by atoms with Crippen LogP contribution in [-0.2, 0) is 16.6 Å². The third kappa shape index (κ3) is 5.66. The van der Waals surface area contributed by atoms with E-state index in [1.807, 2.05) is 24.0 Å². The lowest BCUT2D eigenvalue weighted by Gasteiger charge is -2.14. The van der Waals surface area contributed by atoms with Gasteiger partial charge in [0.05, 0.1) is 17.6 Å². The van der Waals surface area contributed by atoms with Crippen molar-refractivity contribution < 1.29 is 13.2 Å². The summed E-state index contributed by atoms with van der Waals surface area (Å²) in [6.07, 6.45) is 3.84. The third-order valence-corrected chi connectivity index (χ3v) is 4.17. The van der Waals surface area contributed by atoms with Crippen LogP contribution in [0, 0.1) is 6.92 Å². The van der Waals surface area contributed by atoms with Gasteiger partial charge in [-0.25, -0.2) is 13.6 Å². The maximum Gasteiger partial charge on any atom is 0.238 e. The number of nitrogens with zero attached hydrogens (tertiary/aromatic N) is 2. The highest BCUT2D eigenvalue weighted by atomic mass is 32.2. The summed E-state index contributed by atoms with van der Waals surface area (Å²) in [4.78, 5) is 0.0751. The number of nitrogens with one attached hydrogen (secondary N) is 1. The molecular formula is C15H22N4O3S. The minimum absolute atomic E-state index is 0.0751. The van der Waals surface area contributed by atoms with Crippen LogP contribution in [-0.4, -0.2) is 37.4 Å². The van der Waals surface area contributed by atoms with Gasteiger partial charge >= 0.3 is 0 Å². The quantitative estimate of drug-likeness (QED) is 0.697. The first kappa shape index (κ1) is 17.5. The molecule has 0 aliphatic carbocycles. The number of benzene rings is 1. The molecule has 0 spiro atoms. The molecule has 0 saturated heterocycles. The van der Waals surface area contributed by atoms with Gasteiger partial charge in [0.15, 0.2) is 0 Å². The predicted molar refractivity (Wildman–Crippen MR) is 87.7 cm³/mol. The zero-order valence-corrected chi connectivity index (χ0v) is 14.1. The molecule has 0 radical (unpaired) electrons. The summed E-state index contributed by atoms with van der Waals surface area (Å²) in [7, 11) is -3.66. The SMILES string of the molecule is Cc1cnn(C[C@@H](C)NCCOc2ccc(S(N)(=O)=O)cc2)c1. The molecule has 1 atom stereocenters. The molecule has 8 heteroatoms. The second-order valence-corrected chi connectivity index (χ2v) is 7.02. The average Bonchev–Trinajstić information content (AvgIpc) is 2.88. The van der Waals surface area contributed by atoms with Crippen molar-refractivity contribution in [2.24, 2.45) is 5.14 Å². The minimum Gasteiger partial charge on any atom is -0.492 e. The molecule has 7 nitrogen and oxygen atoms in total. The van der Waals surface area contributed by atoms with Gasteiger partial charge in [0, 0.05) is 18.8 Å². The molecule has 0 bridgehead atoms. The molecule has 0 aliphatic heterocycles. The number of hydrogen-bond donors (Lipinski definition) is 2. The van der Waals surface area contributed by atoms with Crippen LogP contribution in [0.2, 0.25) is 0 Å². The van der Waals surface area contributed by atoms with Crippen LogP contribution in [0.25, 0.3) is 0 Å². The van der Waals surface area contributed by atoms with E-state index in [9.17, 15) is 8.42 Å². The first-order valence-corrected chi connectivity index (χ1v) is 8.87. The minimum atomic E-state index is -3.66. The fourth-order valence-electron chi connectivity index (χ4n) is 2.11. The number of aromatic nitrogens is 2. The largest absolute Gasteiger partial charge is 0.492 e. The Labute approximate surface area is 136 Å². The van der Waals surface area contributed by atoms with Crippen molar-refractivity contribution >= 4 is 10.0 Å². The van der Waals surface area contributed by atoms with Gasteiger partial charge in [0.1, 0.15) is 12.4 Å². The van der Waals surface area contributed by atoms with Crippen molar-refractivity contribution in [3.8, 4) is 5.75 Å². The lowest BCUT2D eigenvalue weighted by atomic mass is 10.3. The molecule has 0 aliphatic rings. The molecule has 1 aromatic carbocycles. The average molecular weight is 338 g/mol. The van der Waals surface area contributed by atoms with E-state index in [4.69, 9.17) is 9.88 Å². The van der Waals surface area contributed by atoms with Crippen LogP contribution < -0.4 is 15.2 Å². The van der Waals surface area contributed by atoms with Crippen molar-refractivity contribution in [1.82, 2.24) is 15.1 Å². The summed E-state index contributed by atoms with van der Waals surface area (Å²) in [6.45, 7) is 6.04. The zero-order chi connectivity index (χ0) is 16.9. The fourth-order valence-corrected chi connectivity index (χ4v) is 2.63. The smallest absolute Gasteiger partial charge is 0.238 e. The molecule has 1 heterocycles. The molecule has 0 amide bonds. The van der Waals surface area contributed by atoms with Crippen LogP contribution in [0.5, 0.6) is 5.75 Å². The zero-order valence-electron chi connectivity index (χ0n) is 13.3. The monoisotopic (exact) mass is 338 g/mol. The first-order chi connectivity index (χ1) is 10.8. The molecule has 0 fully saturated rings. The van der Waals surface area contributed by atoms with Crippen molar-refractivity contribution in [3.63, 3.8) is 0 Å². The molecule has 0 unspecified atom stereocenters. The summed E-state index contributed by atoms with van der Waals surface area (Å²) in [5.41, 5.74) is 1.14. The predicted octanol–water partition coefficient (Wildman–Crippen LogP) is 0.896. The van der Waals surface area contributed by atoms with Crippen LogP contribution in [0.15, 0.2) is 41.6 Å². The summed E-state index contributed by atoms with van der Waals surface area (Å²) < 4.78 is 29.8. The van der Waals surface area contributed by atoms with Crippen LogP contribution in [0.1, 0.15) is 12.5 Å². The van der Waals surface area contributed by atoms with Gasteiger partial charge in [-0.3, -0.25) is 4.68 Å². The molecule has 2 aromatic rings. The number of primary sulfonamides is 1. The maximum atomic E-state index is 11.2. The summed E-state index contributed by atoms with van der Waals surface area (Å²) >= 11 is 0. The highest BCUT2D eigenvalue weighted by Crippen LogP contribution is 2.14. The molecule has 3 N–H and O–H groups in total. The summed E-state index contributed by atoms with van der Waals surface area (Å²) in [5, 5.41) is 12.6. The number of sulfonamides is 1. The second-order valence-electron chi connectivity index (χ2n) is 5.46. The number of hydrogen-bond acceptors (Lipinski definition) is 5. The Morgan fingerprint density at radius 1 is 1.35 bits per heavy atom. The molecule has 0 saturated carbocycles. The van der Waals surface area contributed by atoms with Gasteiger partial charge in [0.25, 0.3) is 0 Å². The van der Waals surface area contributed by atoms with Crippen LogP contribution in [0.4, 0.5) is 0 Å². The van der Waals surface area contributed by atoms with Crippen LogP contribution in [0.3, 0.4) is 0 Å². The normalized spacial score (nSPS) is 13.0. The van der Waals surface area contributed by atoms with E-state index in [2.05, 4.69) is 17.3 Å². The molecule has 1 aromatic heterocycles. The van der Waals surface area contributed by atoms with E-state index in [1.54, 1.807) is 12.1 Å². The molecule has 126 valence electrons. The number of rotatable bonds is 8. The molecular weight excluding hydrogens is 316 g/mol. The second kappa shape index (κ2) is 7.58. The van der Waals surface area contributed by atoms with Gasteiger partial charge in [0.2, 0.25) is 10.0 Å². The van der Waals surface area contributed by atoms with E-state index in [0.29, 0.717) is 18.9 Å². The van der Waals surface area contributed by atoms with E-state index < -0.39 is 10.0 Å². The van der Waals surface area contributed by atoms with Gasteiger partial charge in [-0.1, -0.05) is 0 Å². The number of nitrogens with two attached hydrogens (primary N) is 1. The lowest BCUT2D eigenvalue weighted by molar-refractivity contribution is 0.301. The van der Waals surface area contributed by atoms with Gasteiger partial charge in [-0.2, -0.15) is 5.10 Å². The third-order valence-electron chi connectivity index (χ3n) is 3.24. The van der Waals surface area contributed by atoms with Crippen molar-refractivity contribution in [2.75, 3.05) is 13.2 Å². The maximum absolute atomic E-state index is 11.2. The molecule has 23 heavy (non-hydrogen) atoms. The number of ether oxygens (including phenoxy) is 1. The topological polar surface area (TPSA) is 99.2 Å². The Hall–Kier alpha value is -1.90. The number of aryl methyl sites for hydroxylation is 1. The highest BCUT2D eigenvalue weighted by Gasteiger charge is 2.07. The van der Waals surface area contributed by atoms with E-state index >= 15 is 0 Å². The molecule has 2 rings (SSSR count). The summed E-state index contributed by atoms with van der Waals surface area (Å²) in [6, 6.07) is 6.31. The summed E-state index contributed by atoms with van der Waals surface area (Å²) in [5.74, 6) is 0.606. The Morgan fingerprint density at radius 3 is 2.61 bits per heavy atom. The van der Waals surface area contributed by atoms with Gasteiger partial charge in [-0.05, 0) is 43.7 Å².